The lowest BCUT2D eigenvalue weighted by Crippen LogP contribution is -2.31. The number of nitrogens with one attached hydrogen (secondary N) is 3. The molecule has 2 aromatic rings. The van der Waals surface area contributed by atoms with Crippen molar-refractivity contribution in [1.82, 2.24) is 15.3 Å². The van der Waals surface area contributed by atoms with E-state index < -0.39 is 0 Å². The zero-order chi connectivity index (χ0) is 13.9. The Hall–Kier alpha value is -1.88. The molecule has 1 fully saturated rings. The summed E-state index contributed by atoms with van der Waals surface area (Å²) in [7, 11) is 0. The quantitative estimate of drug-likeness (QED) is 0.794. The molecule has 0 atom stereocenters. The van der Waals surface area contributed by atoms with Crippen molar-refractivity contribution < 1.29 is 0 Å². The van der Waals surface area contributed by atoms with Gasteiger partial charge in [-0.2, -0.15) is 0 Å². The molecule has 0 amide bonds. The Bertz CT molecular complexity index is 658. The maximum Gasteiger partial charge on any atom is 0.251 e. The van der Waals surface area contributed by atoms with Gasteiger partial charge in [-0.05, 0) is 50.9 Å². The Morgan fingerprint density at radius 3 is 3.00 bits per heavy atom. The van der Waals surface area contributed by atoms with Gasteiger partial charge in [0.25, 0.3) is 5.56 Å². The number of nitrogens with zero attached hydrogens (tertiary/aromatic N) is 1. The first-order chi connectivity index (χ1) is 9.74. The first-order valence-corrected chi connectivity index (χ1v) is 7.17. The predicted octanol–water partition coefficient (Wildman–Crippen LogP) is 1.64. The number of hydrogen-bond acceptors (Lipinski definition) is 4. The van der Waals surface area contributed by atoms with Gasteiger partial charge in [0.05, 0.1) is 5.52 Å². The number of fused-ring (bicyclic) bond motifs is 1. The Balaban J connectivity index is 1.83. The van der Waals surface area contributed by atoms with Crippen molar-refractivity contribution in [3.63, 3.8) is 0 Å². The molecular weight excluding hydrogens is 252 g/mol. The van der Waals surface area contributed by atoms with Gasteiger partial charge in [-0.25, -0.2) is 4.98 Å². The van der Waals surface area contributed by atoms with E-state index >= 15 is 0 Å². The second-order valence-electron chi connectivity index (χ2n) is 5.48. The van der Waals surface area contributed by atoms with Crippen LogP contribution in [0.1, 0.15) is 18.4 Å². The molecule has 1 aliphatic heterocycles. The van der Waals surface area contributed by atoms with Crippen molar-refractivity contribution in [3.8, 4) is 0 Å². The molecule has 106 valence electrons. The van der Waals surface area contributed by atoms with Crippen LogP contribution in [0.25, 0.3) is 10.9 Å². The molecule has 0 aromatic carbocycles. The summed E-state index contributed by atoms with van der Waals surface area (Å²) in [5.41, 5.74) is 1.49. The Morgan fingerprint density at radius 2 is 2.20 bits per heavy atom. The summed E-state index contributed by atoms with van der Waals surface area (Å²) in [5, 5.41) is 7.78. The lowest BCUT2D eigenvalue weighted by molar-refractivity contribution is 0.389. The topological polar surface area (TPSA) is 69.8 Å². The van der Waals surface area contributed by atoms with Gasteiger partial charge in [-0.15, -0.1) is 0 Å². The molecule has 0 radical (unpaired) electrons. The van der Waals surface area contributed by atoms with Gasteiger partial charge in [0, 0.05) is 23.7 Å². The first-order valence-electron chi connectivity index (χ1n) is 7.17. The van der Waals surface area contributed by atoms with E-state index in [0.29, 0.717) is 5.92 Å². The minimum Gasteiger partial charge on any atom is -0.368 e. The molecule has 0 saturated carbocycles. The molecule has 0 unspecified atom stereocenters. The van der Waals surface area contributed by atoms with Crippen molar-refractivity contribution in [2.75, 3.05) is 25.0 Å². The molecule has 3 heterocycles. The lowest BCUT2D eigenvalue weighted by atomic mass is 9.98. The van der Waals surface area contributed by atoms with Gasteiger partial charge in [0.2, 0.25) is 0 Å². The summed E-state index contributed by atoms with van der Waals surface area (Å²) >= 11 is 0. The zero-order valence-corrected chi connectivity index (χ0v) is 11.7. The minimum atomic E-state index is -0.0459. The molecular formula is C15H20N4O. The van der Waals surface area contributed by atoms with Crippen LogP contribution < -0.4 is 16.2 Å². The number of aromatic amines is 1. The van der Waals surface area contributed by atoms with E-state index in [-0.39, 0.29) is 5.56 Å². The van der Waals surface area contributed by atoms with Gasteiger partial charge in [-0.3, -0.25) is 4.79 Å². The highest BCUT2D eigenvalue weighted by Gasteiger charge is 2.13. The summed E-state index contributed by atoms with van der Waals surface area (Å²) < 4.78 is 0. The normalized spacial score (nSPS) is 16.4. The molecule has 0 aliphatic carbocycles. The molecule has 3 N–H and O–H groups in total. The number of hydrogen-bond donors (Lipinski definition) is 3. The Morgan fingerprint density at radius 1 is 1.40 bits per heavy atom. The molecule has 1 aliphatic rings. The smallest absolute Gasteiger partial charge is 0.251 e. The van der Waals surface area contributed by atoms with Crippen molar-refractivity contribution in [2.24, 2.45) is 5.92 Å². The van der Waals surface area contributed by atoms with Crippen LogP contribution in [0.2, 0.25) is 0 Å². The van der Waals surface area contributed by atoms with Gasteiger partial charge in [-0.1, -0.05) is 0 Å². The number of rotatable bonds is 3. The monoisotopic (exact) mass is 272 g/mol. The third-order valence-corrected chi connectivity index (χ3v) is 3.97. The maximum absolute atomic E-state index is 11.8. The summed E-state index contributed by atoms with van der Waals surface area (Å²) in [5.74, 6) is 1.45. The molecule has 20 heavy (non-hydrogen) atoms. The van der Waals surface area contributed by atoms with E-state index in [1.807, 2.05) is 19.1 Å². The molecule has 0 bridgehead atoms. The van der Waals surface area contributed by atoms with Crippen LogP contribution in [0.5, 0.6) is 0 Å². The maximum atomic E-state index is 11.8. The van der Waals surface area contributed by atoms with E-state index in [9.17, 15) is 4.79 Å². The van der Waals surface area contributed by atoms with E-state index in [1.54, 1.807) is 6.20 Å². The summed E-state index contributed by atoms with van der Waals surface area (Å²) in [6.45, 7) is 4.90. The van der Waals surface area contributed by atoms with E-state index in [2.05, 4.69) is 20.6 Å². The van der Waals surface area contributed by atoms with Gasteiger partial charge in [0.15, 0.2) is 0 Å². The number of pyridine rings is 2. The predicted molar refractivity (Wildman–Crippen MR) is 81.2 cm³/mol. The highest BCUT2D eigenvalue weighted by molar-refractivity contribution is 5.88. The fourth-order valence-electron chi connectivity index (χ4n) is 2.70. The van der Waals surface area contributed by atoms with Crippen molar-refractivity contribution in [1.29, 1.82) is 0 Å². The van der Waals surface area contributed by atoms with Crippen molar-refractivity contribution >= 4 is 16.7 Å². The summed E-state index contributed by atoms with van der Waals surface area (Å²) in [6.07, 6.45) is 4.16. The number of anilines is 1. The van der Waals surface area contributed by atoms with Crippen LogP contribution in [-0.4, -0.2) is 29.6 Å². The standard InChI is InChI=1S/C15H20N4O/c1-10-8-12-4-7-17-14(13(12)19-15(10)20)18-9-11-2-5-16-6-3-11/h4,7-8,11,16H,2-3,5-6,9H2,1H3,(H,17,18)(H,19,20). The van der Waals surface area contributed by atoms with Crippen molar-refractivity contribution in [3.05, 3.63) is 34.2 Å². The van der Waals surface area contributed by atoms with Crippen LogP contribution in [0.3, 0.4) is 0 Å². The van der Waals surface area contributed by atoms with Crippen LogP contribution in [-0.2, 0) is 0 Å². The SMILES string of the molecule is Cc1cc2ccnc(NCC3CCNCC3)c2[nH]c1=O. The average molecular weight is 272 g/mol. The van der Waals surface area contributed by atoms with Gasteiger partial charge >= 0.3 is 0 Å². The second kappa shape index (κ2) is 5.63. The van der Waals surface area contributed by atoms with E-state index in [0.717, 1.165) is 41.9 Å². The average Bonchev–Trinajstić information content (AvgIpc) is 2.47. The molecule has 0 spiro atoms. The summed E-state index contributed by atoms with van der Waals surface area (Å²) in [6, 6.07) is 3.83. The Labute approximate surface area is 117 Å². The largest absolute Gasteiger partial charge is 0.368 e. The molecule has 5 nitrogen and oxygen atoms in total. The minimum absolute atomic E-state index is 0.0459. The highest BCUT2D eigenvalue weighted by Crippen LogP contribution is 2.19. The van der Waals surface area contributed by atoms with Crippen LogP contribution >= 0.6 is 0 Å². The molecule has 3 rings (SSSR count). The zero-order valence-electron chi connectivity index (χ0n) is 11.7. The second-order valence-corrected chi connectivity index (χ2v) is 5.48. The summed E-state index contributed by atoms with van der Waals surface area (Å²) in [4.78, 5) is 19.1. The third kappa shape index (κ3) is 2.67. The van der Waals surface area contributed by atoms with E-state index in [1.165, 1.54) is 12.8 Å². The fourth-order valence-corrected chi connectivity index (χ4v) is 2.70. The van der Waals surface area contributed by atoms with Gasteiger partial charge in [0.1, 0.15) is 5.82 Å². The van der Waals surface area contributed by atoms with E-state index in [4.69, 9.17) is 0 Å². The number of aromatic nitrogens is 2. The van der Waals surface area contributed by atoms with Gasteiger partial charge < -0.3 is 15.6 Å². The number of aryl methyl sites for hydroxylation is 1. The van der Waals surface area contributed by atoms with Crippen LogP contribution in [0.15, 0.2) is 23.1 Å². The number of H-pyrrole nitrogens is 1. The first kappa shape index (κ1) is 13.1. The number of piperidine rings is 1. The molecule has 2 aromatic heterocycles. The Kier molecular flexibility index (Phi) is 3.69. The van der Waals surface area contributed by atoms with Crippen LogP contribution in [0, 0.1) is 12.8 Å². The molecule has 5 heteroatoms. The molecule has 1 saturated heterocycles. The van der Waals surface area contributed by atoms with Crippen LogP contribution in [0.4, 0.5) is 5.82 Å². The van der Waals surface area contributed by atoms with Crippen molar-refractivity contribution in [2.45, 2.75) is 19.8 Å². The fraction of sp³-hybridized carbons (Fsp3) is 0.467. The third-order valence-electron chi connectivity index (χ3n) is 3.97. The lowest BCUT2D eigenvalue weighted by Gasteiger charge is -2.23. The highest BCUT2D eigenvalue weighted by atomic mass is 16.1.